The zero-order chi connectivity index (χ0) is 16.0. The fourth-order valence-corrected chi connectivity index (χ4v) is 2.44. The highest BCUT2D eigenvalue weighted by molar-refractivity contribution is 7.99. The van der Waals surface area contributed by atoms with Gasteiger partial charge in [-0.25, -0.2) is 0 Å². The maximum Gasteiger partial charge on any atom is 0.315 e. The van der Waals surface area contributed by atoms with Gasteiger partial charge in [0.15, 0.2) is 0 Å². The van der Waals surface area contributed by atoms with Crippen LogP contribution in [0.25, 0.3) is 0 Å². The molecular weight excluding hydrogens is 302 g/mol. The van der Waals surface area contributed by atoms with Crippen LogP contribution in [0.5, 0.6) is 0 Å². The van der Waals surface area contributed by atoms with E-state index in [0.717, 1.165) is 5.56 Å². The van der Waals surface area contributed by atoms with Crippen molar-refractivity contribution >= 4 is 17.7 Å². The molecule has 0 saturated heterocycles. The molecule has 0 atom stereocenters. The Morgan fingerprint density at radius 2 is 1.91 bits per heavy atom. The first-order valence-electron chi connectivity index (χ1n) is 7.14. The van der Waals surface area contributed by atoms with E-state index in [4.69, 9.17) is 19.5 Å². The van der Waals surface area contributed by atoms with Crippen LogP contribution in [-0.4, -0.2) is 44.8 Å². The highest BCUT2D eigenvalue weighted by Crippen LogP contribution is 2.16. The molecule has 0 aliphatic carbocycles. The highest BCUT2D eigenvalue weighted by atomic mass is 32.2. The molecule has 0 radical (unpaired) electrons. The minimum absolute atomic E-state index is 0.250. The molecule has 5 nitrogen and oxygen atoms in total. The zero-order valence-electron chi connectivity index (χ0n) is 12.7. The Morgan fingerprint density at radius 1 is 1.18 bits per heavy atom. The number of hydrogen-bond donors (Lipinski definition) is 0. The summed E-state index contributed by atoms with van der Waals surface area (Å²) in [5.41, 5.74) is 1.58. The maximum absolute atomic E-state index is 11.5. The van der Waals surface area contributed by atoms with Crippen LogP contribution in [0, 0.1) is 11.3 Å². The lowest BCUT2D eigenvalue weighted by Crippen LogP contribution is -2.14. The second kappa shape index (κ2) is 12.0. The fraction of sp³-hybridized carbons (Fsp3) is 0.500. The van der Waals surface area contributed by atoms with Gasteiger partial charge in [0.25, 0.3) is 0 Å². The Morgan fingerprint density at radius 3 is 2.68 bits per heavy atom. The van der Waals surface area contributed by atoms with E-state index in [1.54, 1.807) is 6.07 Å². The summed E-state index contributed by atoms with van der Waals surface area (Å²) in [7, 11) is 0. The smallest absolute Gasteiger partial charge is 0.315 e. The van der Waals surface area contributed by atoms with Crippen LogP contribution in [0.3, 0.4) is 0 Å². The number of ether oxygens (including phenoxy) is 3. The van der Waals surface area contributed by atoms with E-state index in [9.17, 15) is 4.79 Å². The SMILES string of the molecule is CCOCCOCCOC(=O)CSCc1ccccc1C#N. The molecule has 0 bridgehead atoms. The van der Waals surface area contributed by atoms with E-state index < -0.39 is 0 Å². The van der Waals surface area contributed by atoms with E-state index in [0.29, 0.717) is 37.7 Å². The lowest BCUT2D eigenvalue weighted by molar-refractivity contribution is -0.142. The van der Waals surface area contributed by atoms with Gasteiger partial charge in [-0.15, -0.1) is 11.8 Å². The topological polar surface area (TPSA) is 68.6 Å². The molecule has 1 aromatic rings. The van der Waals surface area contributed by atoms with Crippen molar-refractivity contribution in [2.24, 2.45) is 0 Å². The normalized spacial score (nSPS) is 10.2. The Labute approximate surface area is 135 Å². The van der Waals surface area contributed by atoms with Crippen LogP contribution in [0.2, 0.25) is 0 Å². The largest absolute Gasteiger partial charge is 0.463 e. The summed E-state index contributed by atoms with van der Waals surface area (Å²) in [6.45, 7) is 4.28. The van der Waals surface area contributed by atoms with Crippen molar-refractivity contribution in [1.82, 2.24) is 0 Å². The Bertz CT molecular complexity index is 487. The summed E-state index contributed by atoms with van der Waals surface area (Å²) < 4.78 is 15.4. The second-order valence-corrected chi connectivity index (χ2v) is 5.28. The van der Waals surface area contributed by atoms with Gasteiger partial charge in [0, 0.05) is 12.4 Å². The molecule has 120 valence electrons. The molecule has 0 N–H and O–H groups in total. The van der Waals surface area contributed by atoms with E-state index in [1.165, 1.54) is 11.8 Å². The van der Waals surface area contributed by atoms with Gasteiger partial charge in [0.2, 0.25) is 0 Å². The summed E-state index contributed by atoms with van der Waals surface area (Å²) in [4.78, 5) is 11.5. The molecule has 0 aliphatic heterocycles. The summed E-state index contributed by atoms with van der Waals surface area (Å²) in [6.07, 6.45) is 0. The number of hydrogen-bond acceptors (Lipinski definition) is 6. The lowest BCUT2D eigenvalue weighted by atomic mass is 10.1. The van der Waals surface area contributed by atoms with Crippen molar-refractivity contribution in [3.8, 4) is 6.07 Å². The third kappa shape index (κ3) is 8.03. The van der Waals surface area contributed by atoms with Crippen LogP contribution in [0.1, 0.15) is 18.1 Å². The van der Waals surface area contributed by atoms with Crippen LogP contribution in [0.4, 0.5) is 0 Å². The number of nitrogens with zero attached hydrogens (tertiary/aromatic N) is 1. The maximum atomic E-state index is 11.5. The predicted molar refractivity (Wildman–Crippen MR) is 85.6 cm³/mol. The first-order valence-corrected chi connectivity index (χ1v) is 8.30. The molecule has 22 heavy (non-hydrogen) atoms. The third-order valence-corrected chi connectivity index (χ3v) is 3.64. The number of carbonyl (C=O) groups is 1. The summed E-state index contributed by atoms with van der Waals surface area (Å²) >= 11 is 1.43. The molecule has 0 heterocycles. The van der Waals surface area contributed by atoms with Crippen molar-refractivity contribution in [2.45, 2.75) is 12.7 Å². The van der Waals surface area contributed by atoms with Crippen molar-refractivity contribution < 1.29 is 19.0 Å². The number of benzene rings is 1. The van der Waals surface area contributed by atoms with E-state index in [-0.39, 0.29) is 18.3 Å². The van der Waals surface area contributed by atoms with Gasteiger partial charge in [-0.05, 0) is 18.6 Å². The number of nitriles is 1. The molecule has 0 aliphatic rings. The number of rotatable bonds is 11. The van der Waals surface area contributed by atoms with Crippen LogP contribution >= 0.6 is 11.8 Å². The predicted octanol–water partition coefficient (Wildman–Crippen LogP) is 2.39. The Kier molecular flexibility index (Phi) is 10.1. The van der Waals surface area contributed by atoms with E-state index in [1.807, 2.05) is 25.1 Å². The average Bonchev–Trinajstić information content (AvgIpc) is 2.54. The van der Waals surface area contributed by atoms with Gasteiger partial charge in [0.1, 0.15) is 6.61 Å². The Hall–Kier alpha value is -1.55. The summed E-state index contributed by atoms with van der Waals surface area (Å²) in [5.74, 6) is 0.607. The molecule has 0 saturated carbocycles. The average molecular weight is 323 g/mol. The van der Waals surface area contributed by atoms with Crippen molar-refractivity contribution in [3.63, 3.8) is 0 Å². The number of esters is 1. The molecule has 0 spiro atoms. The number of thioether (sulfide) groups is 1. The van der Waals surface area contributed by atoms with Gasteiger partial charge in [-0.3, -0.25) is 4.79 Å². The molecule has 0 aromatic heterocycles. The Balaban J connectivity index is 2.07. The zero-order valence-corrected chi connectivity index (χ0v) is 13.6. The quantitative estimate of drug-likeness (QED) is 0.460. The van der Waals surface area contributed by atoms with Gasteiger partial charge >= 0.3 is 5.97 Å². The molecule has 1 rings (SSSR count). The van der Waals surface area contributed by atoms with Crippen molar-refractivity contribution in [3.05, 3.63) is 35.4 Å². The molecule has 1 aromatic carbocycles. The molecule has 0 amide bonds. The summed E-state index contributed by atoms with van der Waals surface area (Å²) in [5, 5.41) is 8.97. The van der Waals surface area contributed by atoms with E-state index >= 15 is 0 Å². The number of carbonyl (C=O) groups excluding carboxylic acids is 1. The van der Waals surface area contributed by atoms with E-state index in [2.05, 4.69) is 6.07 Å². The first kappa shape index (κ1) is 18.5. The van der Waals surface area contributed by atoms with Crippen LogP contribution in [0.15, 0.2) is 24.3 Å². The van der Waals surface area contributed by atoms with Crippen molar-refractivity contribution in [1.29, 1.82) is 5.26 Å². The first-order chi connectivity index (χ1) is 10.8. The lowest BCUT2D eigenvalue weighted by Gasteiger charge is -2.07. The molecule has 0 fully saturated rings. The highest BCUT2D eigenvalue weighted by Gasteiger charge is 2.05. The molecule has 0 unspecified atom stereocenters. The fourth-order valence-electron chi connectivity index (χ4n) is 1.62. The minimum Gasteiger partial charge on any atom is -0.463 e. The standard InChI is InChI=1S/C16H21NO4S/c1-2-19-7-8-20-9-10-21-16(18)13-22-12-15-6-4-3-5-14(15)11-17/h3-6H,2,7-10,12-13H2,1H3. The van der Waals surface area contributed by atoms with Crippen molar-refractivity contribution in [2.75, 3.05) is 38.8 Å². The minimum atomic E-state index is -0.271. The van der Waals surface area contributed by atoms with Gasteiger partial charge in [-0.1, -0.05) is 18.2 Å². The van der Waals surface area contributed by atoms with Gasteiger partial charge in [0.05, 0.1) is 37.2 Å². The monoisotopic (exact) mass is 323 g/mol. The van der Waals surface area contributed by atoms with Crippen LogP contribution < -0.4 is 0 Å². The molecular formula is C16H21NO4S. The van der Waals surface area contributed by atoms with Gasteiger partial charge < -0.3 is 14.2 Å². The van der Waals surface area contributed by atoms with Gasteiger partial charge in [-0.2, -0.15) is 5.26 Å². The summed E-state index contributed by atoms with van der Waals surface area (Å²) in [6, 6.07) is 9.51. The second-order valence-electron chi connectivity index (χ2n) is 4.29. The third-order valence-electron chi connectivity index (χ3n) is 2.68. The molecule has 6 heteroatoms. The van der Waals surface area contributed by atoms with Crippen LogP contribution in [-0.2, 0) is 24.8 Å².